The SMILES string of the molecule is Nc1cc(Cl)c(C#CCCBr)cn1. The lowest BCUT2D eigenvalue weighted by Gasteiger charge is -1.95. The Morgan fingerprint density at radius 1 is 1.62 bits per heavy atom. The van der Waals surface area contributed by atoms with Gasteiger partial charge in [0.2, 0.25) is 0 Å². The normalized spacial score (nSPS) is 9.08. The van der Waals surface area contributed by atoms with Crippen LogP contribution in [0.5, 0.6) is 0 Å². The summed E-state index contributed by atoms with van der Waals surface area (Å²) in [5, 5.41) is 1.41. The standard InChI is InChI=1S/C9H8BrClN2/c10-4-2-1-3-7-6-13-9(12)5-8(7)11/h5-6H,2,4H2,(H2,12,13). The Morgan fingerprint density at radius 3 is 3.00 bits per heavy atom. The van der Waals surface area contributed by atoms with E-state index in [2.05, 4.69) is 32.8 Å². The first-order valence-electron chi connectivity index (χ1n) is 3.70. The van der Waals surface area contributed by atoms with E-state index in [9.17, 15) is 0 Å². The molecule has 0 fully saturated rings. The fourth-order valence-corrected chi connectivity index (χ4v) is 1.15. The van der Waals surface area contributed by atoms with Crippen LogP contribution in [0.2, 0.25) is 5.02 Å². The summed E-state index contributed by atoms with van der Waals surface area (Å²) in [5.41, 5.74) is 6.15. The highest BCUT2D eigenvalue weighted by Crippen LogP contribution is 2.15. The lowest BCUT2D eigenvalue weighted by atomic mass is 10.3. The smallest absolute Gasteiger partial charge is 0.124 e. The molecule has 0 saturated heterocycles. The Hall–Kier alpha value is -0.720. The fraction of sp³-hybridized carbons (Fsp3) is 0.222. The van der Waals surface area contributed by atoms with Gasteiger partial charge in [0.05, 0.1) is 10.6 Å². The topological polar surface area (TPSA) is 38.9 Å². The van der Waals surface area contributed by atoms with Gasteiger partial charge >= 0.3 is 0 Å². The van der Waals surface area contributed by atoms with Crippen LogP contribution in [0.25, 0.3) is 0 Å². The Bertz CT molecular complexity index is 354. The monoisotopic (exact) mass is 258 g/mol. The number of nitrogens with zero attached hydrogens (tertiary/aromatic N) is 1. The number of pyridine rings is 1. The molecule has 0 amide bonds. The van der Waals surface area contributed by atoms with Gasteiger partial charge in [0.25, 0.3) is 0 Å². The Labute approximate surface area is 90.6 Å². The Morgan fingerprint density at radius 2 is 2.38 bits per heavy atom. The van der Waals surface area contributed by atoms with Gasteiger partial charge in [0, 0.05) is 24.0 Å². The van der Waals surface area contributed by atoms with E-state index in [-0.39, 0.29) is 0 Å². The number of rotatable bonds is 1. The van der Waals surface area contributed by atoms with Crippen molar-refractivity contribution in [1.29, 1.82) is 0 Å². The summed E-state index contributed by atoms with van der Waals surface area (Å²) >= 11 is 9.16. The second kappa shape index (κ2) is 5.11. The van der Waals surface area contributed by atoms with Gasteiger partial charge in [0.1, 0.15) is 5.82 Å². The van der Waals surface area contributed by atoms with Crippen LogP contribution in [0.3, 0.4) is 0 Å². The molecule has 0 atom stereocenters. The van der Waals surface area contributed by atoms with Crippen LogP contribution in [0, 0.1) is 11.8 Å². The van der Waals surface area contributed by atoms with E-state index in [0.29, 0.717) is 10.8 Å². The van der Waals surface area contributed by atoms with E-state index in [1.807, 2.05) is 0 Å². The van der Waals surface area contributed by atoms with Crippen molar-refractivity contribution in [2.45, 2.75) is 6.42 Å². The zero-order chi connectivity index (χ0) is 9.68. The lowest BCUT2D eigenvalue weighted by molar-refractivity contribution is 1.30. The van der Waals surface area contributed by atoms with Crippen molar-refractivity contribution in [3.8, 4) is 11.8 Å². The van der Waals surface area contributed by atoms with Gasteiger partial charge in [-0.1, -0.05) is 39.4 Å². The fourth-order valence-electron chi connectivity index (χ4n) is 0.743. The summed E-state index contributed by atoms with van der Waals surface area (Å²) in [6.45, 7) is 0. The second-order valence-electron chi connectivity index (χ2n) is 2.33. The maximum absolute atomic E-state index is 5.87. The molecule has 4 heteroatoms. The zero-order valence-corrected chi connectivity index (χ0v) is 9.19. The highest BCUT2D eigenvalue weighted by Gasteiger charge is 1.96. The molecular formula is C9H8BrClN2. The summed E-state index contributed by atoms with van der Waals surface area (Å²) in [7, 11) is 0. The summed E-state index contributed by atoms with van der Waals surface area (Å²) in [6.07, 6.45) is 2.37. The molecule has 1 heterocycles. The molecule has 68 valence electrons. The van der Waals surface area contributed by atoms with Crippen molar-refractivity contribution in [2.75, 3.05) is 11.1 Å². The number of halogens is 2. The minimum Gasteiger partial charge on any atom is -0.384 e. The molecule has 13 heavy (non-hydrogen) atoms. The predicted molar refractivity (Wildman–Crippen MR) is 58.9 cm³/mol. The summed E-state index contributed by atoms with van der Waals surface area (Å²) in [5.74, 6) is 6.27. The average Bonchev–Trinajstić information content (AvgIpc) is 2.09. The molecular weight excluding hydrogens is 251 g/mol. The first-order chi connectivity index (χ1) is 6.24. The minimum atomic E-state index is 0.413. The number of hydrogen-bond acceptors (Lipinski definition) is 2. The molecule has 1 aromatic rings. The van der Waals surface area contributed by atoms with Crippen LogP contribution in [0.1, 0.15) is 12.0 Å². The maximum atomic E-state index is 5.87. The van der Waals surface area contributed by atoms with Crippen LogP contribution >= 0.6 is 27.5 Å². The van der Waals surface area contributed by atoms with Gasteiger partial charge in [-0.3, -0.25) is 0 Å². The molecule has 0 spiro atoms. The van der Waals surface area contributed by atoms with Crippen molar-refractivity contribution in [3.05, 3.63) is 22.8 Å². The molecule has 0 saturated carbocycles. The Balaban J connectivity index is 2.85. The first kappa shape index (κ1) is 10.4. The quantitative estimate of drug-likeness (QED) is 0.621. The minimum absolute atomic E-state index is 0.413. The molecule has 1 rings (SSSR count). The molecule has 0 aliphatic heterocycles. The highest BCUT2D eigenvalue weighted by atomic mass is 79.9. The molecule has 1 aromatic heterocycles. The molecule has 0 bridgehead atoms. The van der Waals surface area contributed by atoms with Gasteiger partial charge in [-0.25, -0.2) is 4.98 Å². The largest absolute Gasteiger partial charge is 0.384 e. The van der Waals surface area contributed by atoms with Crippen molar-refractivity contribution in [3.63, 3.8) is 0 Å². The van der Waals surface area contributed by atoms with Crippen LogP contribution in [-0.4, -0.2) is 10.3 Å². The van der Waals surface area contributed by atoms with Crippen molar-refractivity contribution in [2.24, 2.45) is 0 Å². The number of nitrogen functional groups attached to an aromatic ring is 1. The number of anilines is 1. The molecule has 0 aliphatic rings. The van der Waals surface area contributed by atoms with Crippen molar-refractivity contribution in [1.82, 2.24) is 4.98 Å². The summed E-state index contributed by atoms with van der Waals surface area (Å²) in [4.78, 5) is 3.90. The van der Waals surface area contributed by atoms with Gasteiger partial charge in [-0.15, -0.1) is 0 Å². The van der Waals surface area contributed by atoms with Crippen LogP contribution in [0.4, 0.5) is 5.82 Å². The van der Waals surface area contributed by atoms with Gasteiger partial charge in [-0.2, -0.15) is 0 Å². The number of nitrogens with two attached hydrogens (primary N) is 1. The third kappa shape index (κ3) is 3.25. The summed E-state index contributed by atoms with van der Waals surface area (Å²) < 4.78 is 0. The highest BCUT2D eigenvalue weighted by molar-refractivity contribution is 9.09. The molecule has 0 aromatic carbocycles. The molecule has 2 nitrogen and oxygen atoms in total. The molecule has 2 N–H and O–H groups in total. The van der Waals surface area contributed by atoms with E-state index in [4.69, 9.17) is 17.3 Å². The van der Waals surface area contributed by atoms with Gasteiger partial charge in [0.15, 0.2) is 0 Å². The number of aromatic nitrogens is 1. The van der Waals surface area contributed by atoms with E-state index >= 15 is 0 Å². The predicted octanol–water partition coefficient (Wildman–Crippen LogP) is 2.45. The molecule has 0 aliphatic carbocycles. The maximum Gasteiger partial charge on any atom is 0.124 e. The molecule has 0 radical (unpaired) electrons. The Kier molecular flexibility index (Phi) is 4.07. The van der Waals surface area contributed by atoms with Crippen LogP contribution in [-0.2, 0) is 0 Å². The van der Waals surface area contributed by atoms with E-state index < -0.39 is 0 Å². The second-order valence-corrected chi connectivity index (χ2v) is 3.53. The van der Waals surface area contributed by atoms with E-state index in [1.165, 1.54) is 0 Å². The number of alkyl halides is 1. The third-order valence-corrected chi connectivity index (χ3v) is 2.03. The van der Waals surface area contributed by atoms with Crippen LogP contribution < -0.4 is 5.73 Å². The van der Waals surface area contributed by atoms with Crippen molar-refractivity contribution < 1.29 is 0 Å². The van der Waals surface area contributed by atoms with Crippen LogP contribution in [0.15, 0.2) is 12.3 Å². The molecule has 0 unspecified atom stereocenters. The first-order valence-corrected chi connectivity index (χ1v) is 5.20. The van der Waals surface area contributed by atoms with Crippen molar-refractivity contribution >= 4 is 33.3 Å². The van der Waals surface area contributed by atoms with E-state index in [1.54, 1.807) is 12.3 Å². The zero-order valence-electron chi connectivity index (χ0n) is 6.85. The van der Waals surface area contributed by atoms with Gasteiger partial charge < -0.3 is 5.73 Å². The van der Waals surface area contributed by atoms with Gasteiger partial charge in [-0.05, 0) is 0 Å². The van der Waals surface area contributed by atoms with E-state index in [0.717, 1.165) is 17.3 Å². The summed E-state index contributed by atoms with van der Waals surface area (Å²) in [6, 6.07) is 1.60. The number of hydrogen-bond donors (Lipinski definition) is 1. The lowest BCUT2D eigenvalue weighted by Crippen LogP contribution is -1.90. The third-order valence-electron chi connectivity index (χ3n) is 1.32. The average molecular weight is 260 g/mol.